The molecule has 1 aliphatic carbocycles. The number of carboxylic acids is 1. The Bertz CT molecular complexity index is 661. The Kier molecular flexibility index (Phi) is 3.82. The fourth-order valence-corrected chi connectivity index (χ4v) is 4.31. The topological polar surface area (TPSA) is 76.1 Å². The smallest absolute Gasteiger partial charge is 0.326 e. The lowest BCUT2D eigenvalue weighted by atomic mass is 9.84. The summed E-state index contributed by atoms with van der Waals surface area (Å²) < 4.78 is 11.4. The minimum atomic E-state index is -0.921. The summed E-state index contributed by atoms with van der Waals surface area (Å²) in [5.74, 6) is 0.267. The molecule has 1 amide bonds. The first-order valence-electron chi connectivity index (χ1n) is 8.58. The average molecular weight is 331 g/mol. The maximum atomic E-state index is 13.0. The molecule has 1 aromatic rings. The zero-order valence-electron chi connectivity index (χ0n) is 13.4. The molecule has 4 rings (SSSR count). The minimum absolute atomic E-state index is 0.0214. The molecule has 0 radical (unpaired) electrons. The summed E-state index contributed by atoms with van der Waals surface area (Å²) in [5, 5.41) is 9.57. The molecule has 4 unspecified atom stereocenters. The van der Waals surface area contributed by atoms with Crippen molar-refractivity contribution in [2.75, 3.05) is 6.61 Å². The lowest BCUT2D eigenvalue weighted by Crippen LogP contribution is -2.53. The molecule has 1 N–H and O–H groups in total. The lowest BCUT2D eigenvalue weighted by molar-refractivity contribution is -0.154. The van der Waals surface area contributed by atoms with Gasteiger partial charge >= 0.3 is 5.97 Å². The summed E-state index contributed by atoms with van der Waals surface area (Å²) in [6, 6.07) is 6.50. The van der Waals surface area contributed by atoms with E-state index in [0.29, 0.717) is 23.8 Å². The predicted molar refractivity (Wildman–Crippen MR) is 85.0 cm³/mol. The van der Waals surface area contributed by atoms with Crippen LogP contribution in [-0.4, -0.2) is 46.7 Å². The quantitative estimate of drug-likeness (QED) is 0.898. The van der Waals surface area contributed by atoms with Gasteiger partial charge in [0.25, 0.3) is 5.91 Å². The van der Waals surface area contributed by atoms with Crippen molar-refractivity contribution < 1.29 is 24.2 Å². The third kappa shape index (κ3) is 2.50. The van der Waals surface area contributed by atoms with Crippen molar-refractivity contribution in [2.45, 2.75) is 50.3 Å². The summed E-state index contributed by atoms with van der Waals surface area (Å²) in [5.41, 5.74) is 0. The highest BCUT2D eigenvalue weighted by molar-refractivity contribution is 5.88. The zero-order valence-corrected chi connectivity index (χ0v) is 13.4. The number of amides is 1. The number of likely N-dealkylation sites (tertiary alicyclic amines) is 1. The molecule has 2 aliphatic heterocycles. The van der Waals surface area contributed by atoms with Crippen LogP contribution in [0.4, 0.5) is 0 Å². The monoisotopic (exact) mass is 331 g/mol. The zero-order chi connectivity index (χ0) is 16.7. The van der Waals surface area contributed by atoms with E-state index in [4.69, 9.17) is 9.47 Å². The second-order valence-corrected chi connectivity index (χ2v) is 6.81. The van der Waals surface area contributed by atoms with Crippen LogP contribution in [0.15, 0.2) is 24.3 Å². The van der Waals surface area contributed by atoms with Gasteiger partial charge in [-0.1, -0.05) is 25.0 Å². The first-order chi connectivity index (χ1) is 11.6. The Morgan fingerprint density at radius 1 is 1.12 bits per heavy atom. The SMILES string of the molecule is O=C(O)C1CC2CCCCC2N1C(=O)C1COc2ccccc2O1. The summed E-state index contributed by atoms with van der Waals surface area (Å²) in [7, 11) is 0. The number of carbonyl (C=O) groups is 2. The molecule has 1 aromatic carbocycles. The van der Waals surface area contributed by atoms with E-state index in [0.717, 1.165) is 25.7 Å². The molecule has 3 aliphatic rings. The van der Waals surface area contributed by atoms with Crippen LogP contribution in [0.5, 0.6) is 11.5 Å². The van der Waals surface area contributed by atoms with E-state index >= 15 is 0 Å². The molecule has 128 valence electrons. The Hall–Kier alpha value is -2.24. The third-order valence-corrected chi connectivity index (χ3v) is 5.41. The molecule has 2 heterocycles. The highest BCUT2D eigenvalue weighted by Gasteiger charge is 2.49. The normalized spacial score (nSPS) is 31.4. The van der Waals surface area contributed by atoms with Crippen LogP contribution < -0.4 is 9.47 Å². The first-order valence-corrected chi connectivity index (χ1v) is 8.58. The van der Waals surface area contributed by atoms with Gasteiger partial charge in [-0.05, 0) is 37.3 Å². The fourth-order valence-electron chi connectivity index (χ4n) is 4.31. The van der Waals surface area contributed by atoms with Crippen LogP contribution >= 0.6 is 0 Å². The van der Waals surface area contributed by atoms with Crippen LogP contribution in [-0.2, 0) is 9.59 Å². The van der Waals surface area contributed by atoms with Crippen molar-refractivity contribution in [2.24, 2.45) is 5.92 Å². The molecule has 6 heteroatoms. The van der Waals surface area contributed by atoms with Gasteiger partial charge in [0.15, 0.2) is 11.5 Å². The van der Waals surface area contributed by atoms with Gasteiger partial charge < -0.3 is 19.5 Å². The van der Waals surface area contributed by atoms with Gasteiger partial charge in [0.1, 0.15) is 12.6 Å². The van der Waals surface area contributed by atoms with Gasteiger partial charge in [0.05, 0.1) is 0 Å². The highest BCUT2D eigenvalue weighted by Crippen LogP contribution is 2.41. The number of rotatable bonds is 2. The van der Waals surface area contributed by atoms with E-state index in [1.807, 2.05) is 12.1 Å². The predicted octanol–water partition coefficient (Wildman–Crippen LogP) is 2.07. The Labute approximate surface area is 140 Å². The number of para-hydroxylation sites is 2. The fraction of sp³-hybridized carbons (Fsp3) is 0.556. The van der Waals surface area contributed by atoms with Gasteiger partial charge in [-0.25, -0.2) is 4.79 Å². The van der Waals surface area contributed by atoms with Gasteiger partial charge in [-0.15, -0.1) is 0 Å². The number of ether oxygens (including phenoxy) is 2. The molecule has 2 fully saturated rings. The van der Waals surface area contributed by atoms with Gasteiger partial charge in [0.2, 0.25) is 6.10 Å². The molecular weight excluding hydrogens is 310 g/mol. The van der Waals surface area contributed by atoms with E-state index in [9.17, 15) is 14.7 Å². The lowest BCUT2D eigenvalue weighted by Gasteiger charge is -2.36. The number of carbonyl (C=O) groups excluding carboxylic acids is 1. The summed E-state index contributed by atoms with van der Waals surface area (Å²) >= 11 is 0. The van der Waals surface area contributed by atoms with Crippen molar-refractivity contribution in [3.05, 3.63) is 24.3 Å². The van der Waals surface area contributed by atoms with Gasteiger partial charge in [0, 0.05) is 6.04 Å². The van der Waals surface area contributed by atoms with Crippen LogP contribution in [0.25, 0.3) is 0 Å². The van der Waals surface area contributed by atoms with Gasteiger partial charge in [-0.2, -0.15) is 0 Å². The second-order valence-electron chi connectivity index (χ2n) is 6.81. The molecule has 4 atom stereocenters. The van der Waals surface area contributed by atoms with Crippen LogP contribution in [0.3, 0.4) is 0 Å². The maximum absolute atomic E-state index is 13.0. The molecule has 6 nitrogen and oxygen atoms in total. The third-order valence-electron chi connectivity index (χ3n) is 5.41. The maximum Gasteiger partial charge on any atom is 0.326 e. The van der Waals surface area contributed by atoms with E-state index in [2.05, 4.69) is 0 Å². The standard InChI is InChI=1S/C18H21NO5/c20-17(16-10-23-14-7-3-4-8-15(14)24-16)19-12-6-2-1-5-11(12)9-13(19)18(21)22/h3-4,7-8,11-13,16H,1-2,5-6,9-10H2,(H,21,22). The van der Waals surface area contributed by atoms with E-state index in [1.165, 1.54) is 0 Å². The summed E-state index contributed by atoms with van der Waals surface area (Å²) in [6.07, 6.45) is 3.82. The number of hydrogen-bond acceptors (Lipinski definition) is 4. The minimum Gasteiger partial charge on any atom is -0.485 e. The number of carboxylic acid groups (broad SMARTS) is 1. The number of aliphatic carboxylic acids is 1. The molecule has 0 bridgehead atoms. The first kappa shape index (κ1) is 15.3. The highest BCUT2D eigenvalue weighted by atomic mass is 16.6. The Morgan fingerprint density at radius 3 is 2.67 bits per heavy atom. The number of benzene rings is 1. The number of hydrogen-bond donors (Lipinski definition) is 1. The Morgan fingerprint density at radius 2 is 1.88 bits per heavy atom. The van der Waals surface area contributed by atoms with Crippen molar-refractivity contribution in [3.8, 4) is 11.5 Å². The number of nitrogens with zero attached hydrogens (tertiary/aromatic N) is 1. The van der Waals surface area contributed by atoms with Crippen molar-refractivity contribution in [1.82, 2.24) is 4.90 Å². The van der Waals surface area contributed by atoms with Crippen molar-refractivity contribution in [3.63, 3.8) is 0 Å². The van der Waals surface area contributed by atoms with Crippen molar-refractivity contribution >= 4 is 11.9 Å². The second kappa shape index (κ2) is 6.00. The largest absolute Gasteiger partial charge is 0.485 e. The molecule has 0 spiro atoms. The van der Waals surface area contributed by atoms with E-state index < -0.39 is 18.1 Å². The number of fused-ring (bicyclic) bond motifs is 2. The van der Waals surface area contributed by atoms with E-state index in [1.54, 1.807) is 17.0 Å². The van der Waals surface area contributed by atoms with Crippen molar-refractivity contribution in [1.29, 1.82) is 0 Å². The summed E-state index contributed by atoms with van der Waals surface area (Å²) in [6.45, 7) is 0.121. The Balaban J connectivity index is 1.57. The molecule has 24 heavy (non-hydrogen) atoms. The average Bonchev–Trinajstić information content (AvgIpc) is 3.00. The van der Waals surface area contributed by atoms with Gasteiger partial charge in [-0.3, -0.25) is 4.79 Å². The van der Waals surface area contributed by atoms with Crippen LogP contribution in [0, 0.1) is 5.92 Å². The van der Waals surface area contributed by atoms with E-state index in [-0.39, 0.29) is 18.6 Å². The summed E-state index contributed by atoms with van der Waals surface area (Å²) in [4.78, 5) is 26.3. The molecular formula is C18H21NO5. The van der Waals surface area contributed by atoms with Crippen LogP contribution in [0.1, 0.15) is 32.1 Å². The molecule has 0 aromatic heterocycles. The van der Waals surface area contributed by atoms with Crippen LogP contribution in [0.2, 0.25) is 0 Å². The molecule has 1 saturated heterocycles. The molecule has 1 saturated carbocycles.